The third-order valence-electron chi connectivity index (χ3n) is 4.81. The van der Waals surface area contributed by atoms with E-state index in [1.54, 1.807) is 6.07 Å². The van der Waals surface area contributed by atoms with E-state index >= 15 is 8.78 Å². The summed E-state index contributed by atoms with van der Waals surface area (Å²) in [4.78, 5) is 3.50. The number of ether oxygens (including phenoxy) is 1. The van der Waals surface area contributed by atoms with Crippen LogP contribution in [0, 0.1) is 17.1 Å². The summed E-state index contributed by atoms with van der Waals surface area (Å²) in [5.41, 5.74) is -3.71. The molecule has 4 unspecified atom stereocenters. The first kappa shape index (κ1) is 22.4. The summed E-state index contributed by atoms with van der Waals surface area (Å²) in [6.07, 6.45) is -2.76. The number of hydrogen-bond donors (Lipinski definition) is 2. The van der Waals surface area contributed by atoms with E-state index in [9.17, 15) is 13.7 Å². The largest absolute Gasteiger partial charge is 0.457 e. The number of halogens is 3. The molecule has 3 rings (SSSR count). The minimum Gasteiger partial charge on any atom is -0.457 e. The van der Waals surface area contributed by atoms with Crippen molar-refractivity contribution < 1.29 is 27.2 Å². The molecule has 0 saturated carbocycles. The molecule has 162 valence electrons. The van der Waals surface area contributed by atoms with Crippen molar-refractivity contribution in [1.29, 1.82) is 5.26 Å². The van der Waals surface area contributed by atoms with Crippen molar-refractivity contribution in [2.75, 3.05) is 7.05 Å². The molecular weight excluding hydrogens is 431 g/mol. The Morgan fingerprint density at radius 1 is 1.39 bits per heavy atom. The Bertz CT molecular complexity index is 1220. The topological polar surface area (TPSA) is 94.7 Å². The Morgan fingerprint density at radius 2 is 2.10 bits per heavy atom. The maximum Gasteiger partial charge on any atom is 0.193 e. The first-order chi connectivity index (χ1) is 14.6. The van der Waals surface area contributed by atoms with Gasteiger partial charge in [0.2, 0.25) is 0 Å². The normalized spacial score (nSPS) is 24.3. The smallest absolute Gasteiger partial charge is 0.193 e. The van der Waals surface area contributed by atoms with Crippen molar-refractivity contribution in [1.82, 2.24) is 4.72 Å². The highest BCUT2D eigenvalue weighted by Gasteiger charge is 2.56. The average molecular weight is 449 g/mol. The second-order valence-electron chi connectivity index (χ2n) is 6.76. The van der Waals surface area contributed by atoms with Crippen molar-refractivity contribution >= 4 is 21.9 Å². The fourth-order valence-corrected chi connectivity index (χ4v) is 4.59. The first-order valence-electron chi connectivity index (χ1n) is 8.84. The molecule has 6 nitrogen and oxygen atoms in total. The van der Waals surface area contributed by atoms with Gasteiger partial charge in [-0.1, -0.05) is 6.58 Å². The highest BCUT2D eigenvalue weighted by Crippen LogP contribution is 2.57. The number of rotatable bonds is 6. The average Bonchev–Trinajstić information content (AvgIpc) is 2.94. The molecule has 10 heteroatoms. The molecule has 0 heterocycles. The standard InChI is InChI=1S/C21H18F3N3O3S/c1-4-21(24)19(23)17-15(30-14-8-12(10-25)7-13(22)9-14)5-6-16(18(17)20(21)28)31(3,29)27-11-26-2/h4-9,11,19-20,28H,1,3H2,2H3,(H,26,27,29). The van der Waals surface area contributed by atoms with Gasteiger partial charge in [0.15, 0.2) is 11.8 Å². The fraction of sp³-hybridized carbons (Fsp3) is 0.190. The summed E-state index contributed by atoms with van der Waals surface area (Å²) in [6, 6.07) is 7.34. The molecule has 1 aliphatic rings. The minimum atomic E-state index is -3.35. The number of hydrogen-bond acceptors (Lipinski definition) is 5. The predicted molar refractivity (Wildman–Crippen MR) is 112 cm³/mol. The zero-order chi connectivity index (χ0) is 23.0. The van der Waals surface area contributed by atoms with Gasteiger partial charge >= 0.3 is 0 Å². The molecule has 4 atom stereocenters. The molecule has 0 radical (unpaired) electrons. The summed E-state index contributed by atoms with van der Waals surface area (Å²) in [5.74, 6) is 2.39. The highest BCUT2D eigenvalue weighted by molar-refractivity contribution is 7.99. The van der Waals surface area contributed by atoms with Gasteiger partial charge < -0.3 is 14.6 Å². The summed E-state index contributed by atoms with van der Waals surface area (Å²) < 4.78 is 65.3. The van der Waals surface area contributed by atoms with Crippen molar-refractivity contribution in [3.8, 4) is 17.6 Å². The Kier molecular flexibility index (Phi) is 5.85. The molecule has 31 heavy (non-hydrogen) atoms. The lowest BCUT2D eigenvalue weighted by Gasteiger charge is -2.22. The van der Waals surface area contributed by atoms with Crippen LogP contribution in [0.15, 0.2) is 52.9 Å². The summed E-state index contributed by atoms with van der Waals surface area (Å²) >= 11 is 0. The summed E-state index contributed by atoms with van der Waals surface area (Å²) in [7, 11) is -1.94. The number of nitriles is 1. The van der Waals surface area contributed by atoms with Crippen LogP contribution < -0.4 is 9.46 Å². The predicted octanol–water partition coefficient (Wildman–Crippen LogP) is 3.68. The highest BCUT2D eigenvalue weighted by atomic mass is 32.2. The molecule has 0 aliphatic heterocycles. The molecule has 2 N–H and O–H groups in total. The van der Waals surface area contributed by atoms with E-state index in [-0.39, 0.29) is 27.5 Å². The van der Waals surface area contributed by atoms with Crippen molar-refractivity contribution in [2.45, 2.75) is 22.8 Å². The van der Waals surface area contributed by atoms with E-state index in [4.69, 9.17) is 10.00 Å². The van der Waals surface area contributed by atoms with E-state index in [0.29, 0.717) is 6.08 Å². The van der Waals surface area contributed by atoms with Gasteiger partial charge in [0, 0.05) is 24.2 Å². The number of nitrogens with zero attached hydrogens (tertiary/aromatic N) is 2. The zero-order valence-electron chi connectivity index (χ0n) is 16.3. The number of nitrogens with one attached hydrogen (secondary N) is 1. The lowest BCUT2D eigenvalue weighted by atomic mass is 9.99. The first-order valence-corrected chi connectivity index (χ1v) is 10.6. The minimum absolute atomic E-state index is 0.0464. The monoisotopic (exact) mass is 449 g/mol. The molecular formula is C21H18F3N3O3S. The van der Waals surface area contributed by atoms with E-state index in [0.717, 1.165) is 18.5 Å². The van der Waals surface area contributed by atoms with E-state index in [1.807, 2.05) is 0 Å². The molecule has 0 spiro atoms. The van der Waals surface area contributed by atoms with Gasteiger partial charge in [-0.05, 0) is 36.2 Å². The lowest BCUT2D eigenvalue weighted by molar-refractivity contribution is -0.0120. The van der Waals surface area contributed by atoms with Crippen LogP contribution in [-0.4, -0.2) is 34.2 Å². The SMILES string of the molecule is C=CC1(F)C(O)c2c(S(=C)(=O)NC=NC)ccc(Oc3cc(F)cc(C#N)c3)c2C1F. The van der Waals surface area contributed by atoms with E-state index in [1.165, 1.54) is 25.2 Å². The summed E-state index contributed by atoms with van der Waals surface area (Å²) in [5, 5.41) is 19.6. The van der Waals surface area contributed by atoms with Crippen LogP contribution in [0.1, 0.15) is 29.0 Å². The Morgan fingerprint density at radius 3 is 2.71 bits per heavy atom. The van der Waals surface area contributed by atoms with Crippen LogP contribution in [0.4, 0.5) is 13.2 Å². The van der Waals surface area contributed by atoms with Crippen LogP contribution in [0.2, 0.25) is 0 Å². The second-order valence-corrected chi connectivity index (χ2v) is 8.78. The number of aliphatic hydroxyl groups excluding tert-OH is 1. The molecule has 0 aromatic heterocycles. The molecule has 0 bridgehead atoms. The van der Waals surface area contributed by atoms with Crippen molar-refractivity contribution in [2.24, 2.45) is 4.99 Å². The molecule has 2 aromatic carbocycles. The molecule has 0 saturated heterocycles. The van der Waals surface area contributed by atoms with E-state index in [2.05, 4.69) is 22.2 Å². The third-order valence-corrected chi connectivity index (χ3v) is 6.36. The van der Waals surface area contributed by atoms with Gasteiger partial charge in [-0.15, -0.1) is 0 Å². The van der Waals surface area contributed by atoms with Gasteiger partial charge in [0.1, 0.15) is 23.4 Å². The fourth-order valence-electron chi connectivity index (χ4n) is 3.33. The van der Waals surface area contributed by atoms with Gasteiger partial charge in [-0.3, -0.25) is 4.99 Å². The Balaban J connectivity index is 2.23. The Hall–Kier alpha value is -3.29. The zero-order valence-corrected chi connectivity index (χ0v) is 17.1. The van der Waals surface area contributed by atoms with Crippen LogP contribution in [0.25, 0.3) is 0 Å². The third kappa shape index (κ3) is 3.78. The van der Waals surface area contributed by atoms with Gasteiger partial charge in [0.25, 0.3) is 0 Å². The molecule has 2 aromatic rings. The van der Waals surface area contributed by atoms with E-state index < -0.39 is 39.0 Å². The van der Waals surface area contributed by atoms with Gasteiger partial charge in [-0.25, -0.2) is 17.4 Å². The number of fused-ring (bicyclic) bond motifs is 1. The molecule has 0 amide bonds. The number of aliphatic imine (C=N–C) groups is 1. The summed E-state index contributed by atoms with van der Waals surface area (Å²) in [6.45, 7) is 3.26. The van der Waals surface area contributed by atoms with Gasteiger partial charge in [-0.2, -0.15) is 5.26 Å². The van der Waals surface area contributed by atoms with Crippen LogP contribution in [0.5, 0.6) is 11.5 Å². The maximum absolute atomic E-state index is 15.3. The van der Waals surface area contributed by atoms with Gasteiger partial charge in [0.05, 0.1) is 32.6 Å². The number of benzene rings is 2. The number of aliphatic hydroxyl groups is 1. The Labute approximate surface area is 177 Å². The van der Waals surface area contributed by atoms with Crippen LogP contribution in [0.3, 0.4) is 0 Å². The molecule has 0 fully saturated rings. The maximum atomic E-state index is 15.3. The quantitative estimate of drug-likeness (QED) is 0.304. The second kappa shape index (κ2) is 8.09. The molecule has 1 aliphatic carbocycles. The van der Waals surface area contributed by atoms with Crippen LogP contribution in [-0.2, 0) is 9.71 Å². The lowest BCUT2D eigenvalue weighted by Crippen LogP contribution is -2.29. The van der Waals surface area contributed by atoms with Crippen molar-refractivity contribution in [3.63, 3.8) is 0 Å². The van der Waals surface area contributed by atoms with Crippen molar-refractivity contribution in [3.05, 3.63) is 65.5 Å². The number of alkyl halides is 2. The van der Waals surface area contributed by atoms with Crippen LogP contribution >= 0.6 is 0 Å².